The number of hydrogen-bond donors (Lipinski definition) is 2. The zero-order valence-corrected chi connectivity index (χ0v) is 20.1. The summed E-state index contributed by atoms with van der Waals surface area (Å²) in [5.74, 6) is 1.47. The topological polar surface area (TPSA) is 91.2 Å². The van der Waals surface area contributed by atoms with Crippen molar-refractivity contribution < 1.29 is 4.79 Å². The average molecular weight is 489 g/mol. The number of halogens is 2. The first-order chi connectivity index (χ1) is 15.9. The highest BCUT2D eigenvalue weighted by Crippen LogP contribution is 2.31. The third-order valence-corrected chi connectivity index (χ3v) is 6.81. The lowest BCUT2D eigenvalue weighted by atomic mass is 10.1. The van der Waals surface area contributed by atoms with E-state index in [0.717, 1.165) is 24.0 Å². The van der Waals surface area contributed by atoms with Crippen molar-refractivity contribution in [3.8, 4) is 0 Å². The van der Waals surface area contributed by atoms with Gasteiger partial charge in [0.05, 0.1) is 18.3 Å². The molecule has 0 bridgehead atoms. The molecule has 2 aliphatic rings. The van der Waals surface area contributed by atoms with Crippen LogP contribution in [0.1, 0.15) is 24.9 Å². The molecule has 1 aromatic carbocycles. The Morgan fingerprint density at radius 2 is 1.97 bits per heavy atom. The van der Waals surface area contributed by atoms with E-state index in [4.69, 9.17) is 33.2 Å². The summed E-state index contributed by atoms with van der Waals surface area (Å²) in [5, 5.41) is 12.4. The Labute approximate surface area is 202 Å². The van der Waals surface area contributed by atoms with Crippen LogP contribution in [0.5, 0.6) is 0 Å². The lowest BCUT2D eigenvalue weighted by Crippen LogP contribution is -2.58. The van der Waals surface area contributed by atoms with E-state index in [0.29, 0.717) is 53.5 Å². The van der Waals surface area contributed by atoms with Crippen LogP contribution in [0.25, 0.3) is 11.0 Å². The van der Waals surface area contributed by atoms with Gasteiger partial charge in [0.2, 0.25) is 11.9 Å². The van der Waals surface area contributed by atoms with Gasteiger partial charge < -0.3 is 20.4 Å². The number of amides is 1. The molecule has 2 atom stereocenters. The third kappa shape index (κ3) is 4.45. The van der Waals surface area contributed by atoms with Crippen molar-refractivity contribution in [3.63, 3.8) is 0 Å². The smallest absolute Gasteiger partial charge is 0.239 e. The van der Waals surface area contributed by atoms with Crippen LogP contribution in [-0.4, -0.2) is 69.3 Å². The van der Waals surface area contributed by atoms with E-state index in [-0.39, 0.29) is 18.0 Å². The van der Waals surface area contributed by atoms with E-state index in [2.05, 4.69) is 20.6 Å². The second-order valence-corrected chi connectivity index (χ2v) is 9.39. The maximum Gasteiger partial charge on any atom is 0.239 e. The van der Waals surface area contributed by atoms with Crippen LogP contribution >= 0.6 is 23.2 Å². The number of nitrogens with zero attached hydrogens (tertiary/aromatic N) is 6. The lowest BCUT2D eigenvalue weighted by molar-refractivity contribution is -0.135. The maximum atomic E-state index is 12.5. The molecule has 2 saturated heterocycles. The van der Waals surface area contributed by atoms with Crippen LogP contribution in [0.4, 0.5) is 11.8 Å². The Morgan fingerprint density at radius 1 is 1.21 bits per heavy atom. The van der Waals surface area contributed by atoms with E-state index in [1.165, 1.54) is 0 Å². The molecule has 0 aliphatic carbocycles. The van der Waals surface area contributed by atoms with Crippen LogP contribution in [0.3, 0.4) is 0 Å². The largest absolute Gasteiger partial charge is 0.361 e. The number of piperazine rings is 1. The van der Waals surface area contributed by atoms with Crippen LogP contribution in [0.2, 0.25) is 10.0 Å². The Balaban J connectivity index is 1.37. The number of nitrogens with one attached hydrogen (secondary N) is 2. The second kappa shape index (κ2) is 8.96. The number of carbonyl (C=O) groups excluding carboxylic acids is 1. The molecule has 0 unspecified atom stereocenters. The van der Waals surface area contributed by atoms with E-state index in [1.54, 1.807) is 10.7 Å². The predicted octanol–water partition coefficient (Wildman–Crippen LogP) is 2.85. The van der Waals surface area contributed by atoms with Gasteiger partial charge in [0.25, 0.3) is 0 Å². The zero-order valence-electron chi connectivity index (χ0n) is 18.6. The Kier molecular flexibility index (Phi) is 6.03. The Hall–Kier alpha value is -2.62. The highest BCUT2D eigenvalue weighted by molar-refractivity contribution is 6.35. The van der Waals surface area contributed by atoms with Crippen molar-refractivity contribution in [1.29, 1.82) is 0 Å². The number of aromatic nitrogens is 4. The highest BCUT2D eigenvalue weighted by atomic mass is 35.5. The van der Waals surface area contributed by atoms with Crippen LogP contribution in [0, 0.1) is 0 Å². The molecule has 11 heteroatoms. The highest BCUT2D eigenvalue weighted by Gasteiger charge is 2.31. The quantitative estimate of drug-likeness (QED) is 0.570. The molecule has 0 saturated carbocycles. The molecule has 0 radical (unpaired) electrons. The summed E-state index contributed by atoms with van der Waals surface area (Å²) in [6.45, 7) is 5.62. The van der Waals surface area contributed by atoms with Gasteiger partial charge in [0.1, 0.15) is 5.52 Å². The first-order valence-corrected chi connectivity index (χ1v) is 11.8. The van der Waals surface area contributed by atoms with Crippen molar-refractivity contribution in [2.75, 3.05) is 42.9 Å². The lowest BCUT2D eigenvalue weighted by Gasteiger charge is -2.38. The van der Waals surface area contributed by atoms with Crippen LogP contribution in [0.15, 0.2) is 24.4 Å². The van der Waals surface area contributed by atoms with Crippen molar-refractivity contribution >= 4 is 51.9 Å². The van der Waals surface area contributed by atoms with Crippen LogP contribution < -0.4 is 15.5 Å². The summed E-state index contributed by atoms with van der Waals surface area (Å²) >= 11 is 12.5. The van der Waals surface area contributed by atoms with Gasteiger partial charge in [-0.3, -0.25) is 9.48 Å². The number of hydrogen-bond acceptors (Lipinski definition) is 7. The van der Waals surface area contributed by atoms with E-state index < -0.39 is 0 Å². The molecule has 4 heterocycles. The third-order valence-electron chi connectivity index (χ3n) is 6.24. The summed E-state index contributed by atoms with van der Waals surface area (Å²) in [6, 6.07) is 5.33. The fourth-order valence-electron chi connectivity index (χ4n) is 4.24. The molecule has 0 spiro atoms. The van der Waals surface area contributed by atoms with Gasteiger partial charge in [0.15, 0.2) is 11.3 Å². The van der Waals surface area contributed by atoms with Crippen molar-refractivity contribution in [2.24, 2.45) is 7.05 Å². The van der Waals surface area contributed by atoms with Crippen molar-refractivity contribution in [3.05, 3.63) is 40.0 Å². The van der Waals surface area contributed by atoms with Gasteiger partial charge in [-0.1, -0.05) is 29.3 Å². The number of carbonyl (C=O) groups is 1. The van der Waals surface area contributed by atoms with E-state index in [9.17, 15) is 4.79 Å². The van der Waals surface area contributed by atoms with E-state index in [1.807, 2.05) is 37.2 Å². The Morgan fingerprint density at radius 3 is 2.64 bits per heavy atom. The van der Waals surface area contributed by atoms with Gasteiger partial charge in [-0.2, -0.15) is 10.1 Å². The number of fused-ring (bicyclic) bond motifs is 1. The minimum absolute atomic E-state index is 0.0171. The summed E-state index contributed by atoms with van der Waals surface area (Å²) in [4.78, 5) is 26.2. The van der Waals surface area contributed by atoms with Gasteiger partial charge in [-0.15, -0.1) is 0 Å². The van der Waals surface area contributed by atoms with Gasteiger partial charge in [0, 0.05) is 43.3 Å². The van der Waals surface area contributed by atoms with Crippen LogP contribution in [-0.2, 0) is 11.8 Å². The first kappa shape index (κ1) is 22.2. The summed E-state index contributed by atoms with van der Waals surface area (Å²) in [6.07, 6.45) is 2.80. The molecule has 2 N–H and O–H groups in total. The van der Waals surface area contributed by atoms with Crippen molar-refractivity contribution in [2.45, 2.75) is 25.4 Å². The second-order valence-electron chi connectivity index (χ2n) is 8.55. The number of aryl methyl sites for hydroxylation is 1. The van der Waals surface area contributed by atoms with Gasteiger partial charge in [-0.25, -0.2) is 4.98 Å². The monoisotopic (exact) mass is 488 g/mol. The molecule has 2 aromatic heterocycles. The molecule has 33 heavy (non-hydrogen) atoms. The molecule has 2 aliphatic heterocycles. The molecule has 1 amide bonds. The number of rotatable bonds is 5. The molecular formula is C22H26Cl2N8O. The SMILES string of the molecule is C[C@@H](Nc1nc(N2CCN(C(=O)[C@H]3CCN3)CC2)nc2cn(C)nc12)c1ccc(Cl)cc1Cl. The molecule has 9 nitrogen and oxygen atoms in total. The van der Waals surface area contributed by atoms with Gasteiger partial charge in [-0.05, 0) is 37.6 Å². The molecule has 2 fully saturated rings. The number of anilines is 2. The summed E-state index contributed by atoms with van der Waals surface area (Å²) < 4.78 is 1.73. The molecule has 3 aromatic rings. The zero-order chi connectivity index (χ0) is 23.1. The maximum absolute atomic E-state index is 12.5. The normalized spacial score (nSPS) is 19.5. The summed E-state index contributed by atoms with van der Waals surface area (Å²) in [5.41, 5.74) is 2.38. The first-order valence-electron chi connectivity index (χ1n) is 11.1. The fraction of sp³-hybridized carbons (Fsp3) is 0.455. The molecule has 5 rings (SSSR count). The summed E-state index contributed by atoms with van der Waals surface area (Å²) in [7, 11) is 1.86. The van der Waals surface area contributed by atoms with Gasteiger partial charge >= 0.3 is 0 Å². The minimum Gasteiger partial charge on any atom is -0.361 e. The average Bonchev–Trinajstić information content (AvgIpc) is 3.13. The Bertz CT molecular complexity index is 1190. The van der Waals surface area contributed by atoms with E-state index >= 15 is 0 Å². The van der Waals surface area contributed by atoms with Crippen molar-refractivity contribution in [1.82, 2.24) is 30.0 Å². The predicted molar refractivity (Wildman–Crippen MR) is 130 cm³/mol. The molecule has 174 valence electrons. The number of benzene rings is 1. The standard InChI is InChI=1S/C22H26Cl2N8O/c1-13(15-4-3-14(23)11-16(15)24)26-20-19-18(12-30(2)29-19)27-22(28-20)32-9-7-31(8-10-32)21(33)17-5-6-25-17/h3-4,11-13,17,25H,5-10H2,1-2H3,(H,26,27,28)/t13-,17-/m1/s1. The fourth-order valence-corrected chi connectivity index (χ4v) is 4.81. The minimum atomic E-state index is -0.118. The molecular weight excluding hydrogens is 463 g/mol.